The first-order valence-corrected chi connectivity index (χ1v) is 8.43. The second-order valence-electron chi connectivity index (χ2n) is 6.43. The van der Waals surface area contributed by atoms with E-state index in [4.69, 9.17) is 4.42 Å². The number of aromatic nitrogens is 2. The molecule has 24 heavy (non-hydrogen) atoms. The van der Waals surface area contributed by atoms with E-state index in [2.05, 4.69) is 9.97 Å². The third-order valence-electron chi connectivity index (χ3n) is 4.66. The van der Waals surface area contributed by atoms with Gasteiger partial charge in [0.2, 0.25) is 5.91 Å². The van der Waals surface area contributed by atoms with E-state index in [0.29, 0.717) is 23.6 Å². The highest BCUT2D eigenvalue weighted by atomic mass is 16.3. The lowest BCUT2D eigenvalue weighted by atomic mass is 10.1. The number of rotatable bonds is 5. The van der Waals surface area contributed by atoms with E-state index in [9.17, 15) is 9.59 Å². The molecule has 2 aromatic heterocycles. The summed E-state index contributed by atoms with van der Waals surface area (Å²) >= 11 is 0. The Kier molecular flexibility index (Phi) is 4.83. The van der Waals surface area contributed by atoms with Crippen molar-refractivity contribution < 1.29 is 9.21 Å². The van der Waals surface area contributed by atoms with Crippen LogP contribution in [-0.2, 0) is 17.8 Å². The summed E-state index contributed by atoms with van der Waals surface area (Å²) in [7, 11) is 0. The number of furan rings is 1. The molecule has 2 heterocycles. The fraction of sp³-hybridized carbons (Fsp3) is 0.500. The Morgan fingerprint density at radius 3 is 2.75 bits per heavy atom. The van der Waals surface area contributed by atoms with Crippen LogP contribution in [0.4, 0.5) is 0 Å². The van der Waals surface area contributed by atoms with Crippen molar-refractivity contribution in [3.63, 3.8) is 0 Å². The molecule has 0 unspecified atom stereocenters. The zero-order valence-corrected chi connectivity index (χ0v) is 14.2. The van der Waals surface area contributed by atoms with Gasteiger partial charge in [-0.1, -0.05) is 12.8 Å². The molecule has 6 heteroatoms. The highest BCUT2D eigenvalue weighted by molar-refractivity contribution is 5.79. The Balaban J connectivity index is 1.82. The first-order chi connectivity index (χ1) is 11.5. The number of hydrogen-bond acceptors (Lipinski definition) is 4. The maximum absolute atomic E-state index is 12.9. The summed E-state index contributed by atoms with van der Waals surface area (Å²) in [6.07, 6.45) is 5.98. The third-order valence-corrected chi connectivity index (χ3v) is 4.66. The Labute approximate surface area is 140 Å². The molecular formula is C18H23N3O3. The molecule has 1 amide bonds. The number of amides is 1. The van der Waals surface area contributed by atoms with Crippen LogP contribution >= 0.6 is 0 Å². The van der Waals surface area contributed by atoms with Crippen molar-refractivity contribution in [2.75, 3.05) is 0 Å². The van der Waals surface area contributed by atoms with Gasteiger partial charge in [-0.05, 0) is 38.8 Å². The molecule has 1 aliphatic rings. The summed E-state index contributed by atoms with van der Waals surface area (Å²) in [5.41, 5.74) is 0.847. The minimum absolute atomic E-state index is 0.0439. The van der Waals surface area contributed by atoms with Gasteiger partial charge in [0.05, 0.1) is 19.2 Å². The second kappa shape index (κ2) is 7.03. The van der Waals surface area contributed by atoms with Crippen molar-refractivity contribution in [3.8, 4) is 0 Å². The van der Waals surface area contributed by atoms with E-state index >= 15 is 0 Å². The van der Waals surface area contributed by atoms with Crippen LogP contribution in [0.3, 0.4) is 0 Å². The topological polar surface area (TPSA) is 79.2 Å². The smallest absolute Gasteiger partial charge is 0.254 e. The molecule has 0 aromatic carbocycles. The van der Waals surface area contributed by atoms with Gasteiger partial charge in [0, 0.05) is 17.3 Å². The van der Waals surface area contributed by atoms with E-state index in [1.807, 2.05) is 17.0 Å². The molecule has 6 nitrogen and oxygen atoms in total. The summed E-state index contributed by atoms with van der Waals surface area (Å²) in [6.45, 7) is 3.96. The molecule has 3 rings (SSSR count). The molecular weight excluding hydrogens is 306 g/mol. The Bertz CT molecular complexity index is 758. The molecule has 0 spiro atoms. The second-order valence-corrected chi connectivity index (χ2v) is 6.43. The van der Waals surface area contributed by atoms with E-state index in [0.717, 1.165) is 31.4 Å². The fourth-order valence-electron chi connectivity index (χ4n) is 3.42. The van der Waals surface area contributed by atoms with Crippen molar-refractivity contribution in [1.29, 1.82) is 0 Å². The van der Waals surface area contributed by atoms with Crippen molar-refractivity contribution in [2.24, 2.45) is 0 Å². The highest BCUT2D eigenvalue weighted by Crippen LogP contribution is 2.25. The lowest BCUT2D eigenvalue weighted by Crippen LogP contribution is -2.40. The standard InChI is InChI=1S/C18H23N3O3/c1-12-16(18(23)20-13(2)19-12)10-17(22)21(14-6-3-4-7-14)11-15-8-5-9-24-15/h5,8-9,14H,3-4,6-7,10-11H2,1-2H3,(H,19,20,23). The van der Waals surface area contributed by atoms with Crippen molar-refractivity contribution in [1.82, 2.24) is 14.9 Å². The molecule has 0 saturated heterocycles. The minimum atomic E-state index is -0.224. The monoisotopic (exact) mass is 329 g/mol. The van der Waals surface area contributed by atoms with Crippen LogP contribution in [0.5, 0.6) is 0 Å². The molecule has 0 radical (unpaired) electrons. The lowest BCUT2D eigenvalue weighted by Gasteiger charge is -2.28. The average Bonchev–Trinajstić information content (AvgIpc) is 3.21. The first kappa shape index (κ1) is 16.5. The van der Waals surface area contributed by atoms with E-state index in [-0.39, 0.29) is 23.9 Å². The number of hydrogen-bond donors (Lipinski definition) is 1. The van der Waals surface area contributed by atoms with Gasteiger partial charge >= 0.3 is 0 Å². The number of aryl methyl sites for hydroxylation is 2. The van der Waals surface area contributed by atoms with Gasteiger partial charge in [-0.25, -0.2) is 4.98 Å². The van der Waals surface area contributed by atoms with Gasteiger partial charge in [0.15, 0.2) is 0 Å². The molecule has 0 atom stereocenters. The summed E-state index contributed by atoms with van der Waals surface area (Å²) in [5, 5.41) is 0. The fourth-order valence-corrected chi connectivity index (χ4v) is 3.42. The summed E-state index contributed by atoms with van der Waals surface area (Å²) in [4.78, 5) is 33.9. The first-order valence-electron chi connectivity index (χ1n) is 8.43. The van der Waals surface area contributed by atoms with Crippen molar-refractivity contribution in [3.05, 3.63) is 51.6 Å². The Hall–Kier alpha value is -2.37. The van der Waals surface area contributed by atoms with Crippen LogP contribution < -0.4 is 5.56 Å². The van der Waals surface area contributed by atoms with Gasteiger partial charge in [-0.2, -0.15) is 0 Å². The summed E-state index contributed by atoms with van der Waals surface area (Å²) in [5.74, 6) is 1.29. The molecule has 2 aromatic rings. The maximum atomic E-state index is 12.9. The van der Waals surface area contributed by atoms with Gasteiger partial charge in [0.25, 0.3) is 5.56 Å². The Morgan fingerprint density at radius 1 is 1.38 bits per heavy atom. The predicted octanol–water partition coefficient (Wildman–Crippen LogP) is 2.49. The molecule has 1 N–H and O–H groups in total. The van der Waals surface area contributed by atoms with Gasteiger partial charge in [-0.15, -0.1) is 0 Å². The highest BCUT2D eigenvalue weighted by Gasteiger charge is 2.28. The van der Waals surface area contributed by atoms with Crippen LogP contribution in [0.15, 0.2) is 27.6 Å². The van der Waals surface area contributed by atoms with Crippen LogP contribution in [0.1, 0.15) is 48.5 Å². The van der Waals surface area contributed by atoms with Gasteiger partial charge in [0.1, 0.15) is 11.6 Å². The van der Waals surface area contributed by atoms with Gasteiger partial charge in [-0.3, -0.25) is 9.59 Å². The number of aromatic amines is 1. The number of carbonyl (C=O) groups is 1. The average molecular weight is 329 g/mol. The molecule has 128 valence electrons. The number of H-pyrrole nitrogens is 1. The zero-order valence-electron chi connectivity index (χ0n) is 14.2. The predicted molar refractivity (Wildman–Crippen MR) is 89.5 cm³/mol. The van der Waals surface area contributed by atoms with Gasteiger partial charge < -0.3 is 14.3 Å². The van der Waals surface area contributed by atoms with Crippen molar-refractivity contribution >= 4 is 5.91 Å². The van der Waals surface area contributed by atoms with E-state index < -0.39 is 0 Å². The van der Waals surface area contributed by atoms with Crippen molar-refractivity contribution in [2.45, 2.75) is 58.5 Å². The zero-order chi connectivity index (χ0) is 17.1. The SMILES string of the molecule is Cc1nc(C)c(CC(=O)N(Cc2ccco2)C2CCCC2)c(=O)[nH]1. The third kappa shape index (κ3) is 3.58. The minimum Gasteiger partial charge on any atom is -0.467 e. The molecule has 1 fully saturated rings. The van der Waals surface area contributed by atoms with E-state index in [1.165, 1.54) is 0 Å². The number of carbonyl (C=O) groups excluding carboxylic acids is 1. The normalized spacial score (nSPS) is 14.9. The quantitative estimate of drug-likeness (QED) is 0.914. The van der Waals surface area contributed by atoms with Crippen LogP contribution in [-0.4, -0.2) is 26.8 Å². The maximum Gasteiger partial charge on any atom is 0.254 e. The molecule has 1 aliphatic carbocycles. The Morgan fingerprint density at radius 2 is 2.12 bits per heavy atom. The molecule has 0 bridgehead atoms. The lowest BCUT2D eigenvalue weighted by molar-refractivity contribution is -0.133. The summed E-state index contributed by atoms with van der Waals surface area (Å²) < 4.78 is 5.41. The number of nitrogens with one attached hydrogen (secondary N) is 1. The van der Waals surface area contributed by atoms with Crippen LogP contribution in [0.2, 0.25) is 0 Å². The van der Waals surface area contributed by atoms with Crippen LogP contribution in [0, 0.1) is 13.8 Å². The largest absolute Gasteiger partial charge is 0.467 e. The molecule has 0 aliphatic heterocycles. The van der Waals surface area contributed by atoms with E-state index in [1.54, 1.807) is 20.1 Å². The van der Waals surface area contributed by atoms with Crippen LogP contribution in [0.25, 0.3) is 0 Å². The summed E-state index contributed by atoms with van der Waals surface area (Å²) in [6, 6.07) is 3.92. The number of nitrogens with zero attached hydrogens (tertiary/aromatic N) is 2. The molecule has 1 saturated carbocycles.